The fourth-order valence-corrected chi connectivity index (χ4v) is 5.46. The van der Waals surface area contributed by atoms with Crippen LogP contribution in [0.2, 0.25) is 0 Å². The monoisotopic (exact) mass is 516 g/mol. The Kier molecular flexibility index (Phi) is 6.09. The SMILES string of the molecule is O=C(CC1SC(N2N=C(c3ccccc3)CC2c2ccc(F)cc2)=NC1=O)Nc1ccc2c(c1)OCO2. The van der Waals surface area contributed by atoms with E-state index in [1.54, 1.807) is 35.3 Å². The van der Waals surface area contributed by atoms with Crippen LogP contribution in [0.4, 0.5) is 10.1 Å². The molecule has 0 aliphatic carbocycles. The van der Waals surface area contributed by atoms with E-state index in [2.05, 4.69) is 10.3 Å². The molecule has 2 unspecified atom stereocenters. The van der Waals surface area contributed by atoms with Gasteiger partial charge in [-0.1, -0.05) is 54.2 Å². The predicted molar refractivity (Wildman–Crippen MR) is 138 cm³/mol. The second-order valence-corrected chi connectivity index (χ2v) is 9.86. The van der Waals surface area contributed by atoms with Gasteiger partial charge in [0.15, 0.2) is 16.7 Å². The number of hydrogen-bond acceptors (Lipinski definition) is 7. The van der Waals surface area contributed by atoms with Gasteiger partial charge in [0.25, 0.3) is 5.91 Å². The van der Waals surface area contributed by atoms with Gasteiger partial charge in [0.1, 0.15) is 11.1 Å². The number of carbonyl (C=O) groups is 2. The summed E-state index contributed by atoms with van der Waals surface area (Å²) in [6, 6.07) is 20.9. The first-order valence-corrected chi connectivity index (χ1v) is 12.6. The number of hydrogen-bond donors (Lipinski definition) is 1. The zero-order chi connectivity index (χ0) is 25.4. The summed E-state index contributed by atoms with van der Waals surface area (Å²) in [4.78, 5) is 29.7. The third-order valence-electron chi connectivity index (χ3n) is 6.22. The molecule has 2 amide bonds. The van der Waals surface area contributed by atoms with Gasteiger partial charge in [-0.05, 0) is 35.4 Å². The van der Waals surface area contributed by atoms with Crippen molar-refractivity contribution in [3.63, 3.8) is 0 Å². The molecular weight excluding hydrogens is 495 g/mol. The van der Waals surface area contributed by atoms with Crippen LogP contribution in [0.25, 0.3) is 0 Å². The van der Waals surface area contributed by atoms with Gasteiger partial charge < -0.3 is 14.8 Å². The lowest BCUT2D eigenvalue weighted by molar-refractivity contribution is -0.121. The normalized spacial score (nSPS) is 20.1. The highest BCUT2D eigenvalue weighted by Crippen LogP contribution is 2.39. The number of aliphatic imine (C=N–C) groups is 1. The number of carbonyl (C=O) groups excluding carboxylic acids is 2. The summed E-state index contributed by atoms with van der Waals surface area (Å²) in [6.45, 7) is 0.143. The Hall–Kier alpha value is -4.18. The quantitative estimate of drug-likeness (QED) is 0.527. The number of nitrogens with zero attached hydrogens (tertiary/aromatic N) is 3. The van der Waals surface area contributed by atoms with Crippen LogP contribution < -0.4 is 14.8 Å². The molecule has 3 aromatic carbocycles. The van der Waals surface area contributed by atoms with Crippen molar-refractivity contribution < 1.29 is 23.5 Å². The average molecular weight is 517 g/mol. The van der Waals surface area contributed by atoms with Crippen molar-refractivity contribution >= 4 is 40.1 Å². The Morgan fingerprint density at radius 2 is 1.84 bits per heavy atom. The van der Waals surface area contributed by atoms with Crippen LogP contribution in [-0.2, 0) is 9.59 Å². The summed E-state index contributed by atoms with van der Waals surface area (Å²) in [7, 11) is 0. The van der Waals surface area contributed by atoms with Gasteiger partial charge in [-0.15, -0.1) is 0 Å². The highest BCUT2D eigenvalue weighted by molar-refractivity contribution is 8.15. The maximum Gasteiger partial charge on any atom is 0.262 e. The van der Waals surface area contributed by atoms with Crippen LogP contribution in [0.5, 0.6) is 11.5 Å². The number of fused-ring (bicyclic) bond motifs is 1. The number of halogens is 1. The van der Waals surface area contributed by atoms with Gasteiger partial charge in [-0.25, -0.2) is 9.40 Å². The first kappa shape index (κ1) is 23.2. The smallest absolute Gasteiger partial charge is 0.262 e. The average Bonchev–Trinajstić information content (AvgIpc) is 3.64. The number of amides is 2. The molecule has 6 rings (SSSR count). The van der Waals surface area contributed by atoms with E-state index in [0.29, 0.717) is 28.8 Å². The molecule has 8 nitrogen and oxygen atoms in total. The highest BCUT2D eigenvalue weighted by atomic mass is 32.2. The van der Waals surface area contributed by atoms with Gasteiger partial charge in [0, 0.05) is 24.6 Å². The summed E-state index contributed by atoms with van der Waals surface area (Å²) < 4.78 is 24.2. The molecule has 0 saturated heterocycles. The van der Waals surface area contributed by atoms with E-state index in [1.165, 1.54) is 23.9 Å². The molecule has 10 heteroatoms. The van der Waals surface area contributed by atoms with Crippen LogP contribution in [0, 0.1) is 5.82 Å². The first-order valence-electron chi connectivity index (χ1n) is 11.7. The summed E-state index contributed by atoms with van der Waals surface area (Å²) in [5.74, 6) is 0.152. The van der Waals surface area contributed by atoms with E-state index in [0.717, 1.165) is 16.8 Å². The van der Waals surface area contributed by atoms with Crippen molar-refractivity contribution in [1.82, 2.24) is 5.01 Å². The summed E-state index contributed by atoms with van der Waals surface area (Å²) in [6.07, 6.45) is 0.522. The minimum Gasteiger partial charge on any atom is -0.454 e. The minimum absolute atomic E-state index is 0.0464. The van der Waals surface area contributed by atoms with Crippen molar-refractivity contribution in [2.24, 2.45) is 10.1 Å². The van der Waals surface area contributed by atoms with Crippen LogP contribution in [0.15, 0.2) is 82.9 Å². The summed E-state index contributed by atoms with van der Waals surface area (Å²) in [5, 5.41) is 9.07. The number of benzene rings is 3. The lowest BCUT2D eigenvalue weighted by Gasteiger charge is -2.23. The van der Waals surface area contributed by atoms with Gasteiger partial charge >= 0.3 is 0 Å². The number of ether oxygens (including phenoxy) is 2. The largest absolute Gasteiger partial charge is 0.454 e. The molecule has 186 valence electrons. The molecule has 0 saturated carbocycles. The number of rotatable bonds is 5. The topological polar surface area (TPSA) is 92.6 Å². The van der Waals surface area contributed by atoms with Crippen LogP contribution in [0.1, 0.15) is 30.0 Å². The van der Waals surface area contributed by atoms with Crippen molar-refractivity contribution in [3.8, 4) is 11.5 Å². The van der Waals surface area contributed by atoms with Gasteiger partial charge in [0.05, 0.1) is 11.8 Å². The van der Waals surface area contributed by atoms with Crippen LogP contribution >= 0.6 is 11.8 Å². The lowest BCUT2D eigenvalue weighted by Crippen LogP contribution is -2.25. The number of amidine groups is 1. The molecule has 2 atom stereocenters. The van der Waals surface area contributed by atoms with E-state index >= 15 is 0 Å². The van der Waals surface area contributed by atoms with E-state index < -0.39 is 5.25 Å². The summed E-state index contributed by atoms with van der Waals surface area (Å²) in [5.41, 5.74) is 3.22. The number of anilines is 1. The second-order valence-electron chi connectivity index (χ2n) is 8.69. The van der Waals surface area contributed by atoms with Crippen molar-refractivity contribution in [3.05, 3.63) is 89.7 Å². The fraction of sp³-hybridized carbons (Fsp3) is 0.185. The standard InChI is InChI=1S/C27H21FN4O4S/c28-18-8-6-17(7-9-18)21-13-20(16-4-2-1-3-5-16)31-32(21)27-30-26(34)24(37-27)14-25(33)29-19-10-11-22-23(12-19)36-15-35-22/h1-12,21,24H,13-15H2,(H,29,33). The Labute approximate surface area is 216 Å². The number of nitrogens with one attached hydrogen (secondary N) is 1. The zero-order valence-electron chi connectivity index (χ0n) is 19.5. The maximum atomic E-state index is 13.6. The molecule has 3 aromatic rings. The molecule has 0 radical (unpaired) electrons. The molecule has 0 spiro atoms. The van der Waals surface area contributed by atoms with E-state index in [4.69, 9.17) is 14.6 Å². The van der Waals surface area contributed by atoms with Crippen LogP contribution in [-0.4, -0.2) is 39.7 Å². The van der Waals surface area contributed by atoms with Crippen molar-refractivity contribution in [2.75, 3.05) is 12.1 Å². The van der Waals surface area contributed by atoms with Crippen molar-refractivity contribution in [1.29, 1.82) is 0 Å². The van der Waals surface area contributed by atoms with E-state index in [-0.39, 0.29) is 36.9 Å². The van der Waals surface area contributed by atoms with Crippen molar-refractivity contribution in [2.45, 2.75) is 24.1 Å². The van der Waals surface area contributed by atoms with Gasteiger partial charge in [-0.3, -0.25) is 9.59 Å². The molecular formula is C27H21FN4O4S. The first-order chi connectivity index (χ1) is 18.0. The highest BCUT2D eigenvalue weighted by Gasteiger charge is 2.39. The molecule has 3 aliphatic heterocycles. The molecule has 0 fully saturated rings. The maximum absolute atomic E-state index is 13.6. The Bertz CT molecular complexity index is 1430. The molecule has 0 bridgehead atoms. The second kappa shape index (κ2) is 9.70. The Morgan fingerprint density at radius 3 is 2.65 bits per heavy atom. The molecule has 3 aliphatic rings. The van der Waals surface area contributed by atoms with E-state index in [1.807, 2.05) is 30.3 Å². The molecule has 1 N–H and O–H groups in total. The van der Waals surface area contributed by atoms with Gasteiger partial charge in [0.2, 0.25) is 12.7 Å². The molecule has 37 heavy (non-hydrogen) atoms. The Morgan fingerprint density at radius 1 is 1.05 bits per heavy atom. The van der Waals surface area contributed by atoms with Gasteiger partial charge in [-0.2, -0.15) is 10.1 Å². The molecule has 3 heterocycles. The minimum atomic E-state index is -0.672. The summed E-state index contributed by atoms with van der Waals surface area (Å²) >= 11 is 1.21. The van der Waals surface area contributed by atoms with E-state index in [9.17, 15) is 14.0 Å². The lowest BCUT2D eigenvalue weighted by atomic mass is 9.99. The number of thioether (sulfide) groups is 1. The fourth-order valence-electron chi connectivity index (χ4n) is 4.40. The Balaban J connectivity index is 1.18. The third-order valence-corrected chi connectivity index (χ3v) is 7.37. The predicted octanol–water partition coefficient (Wildman–Crippen LogP) is 4.73. The number of hydrazone groups is 1. The molecule has 0 aromatic heterocycles. The van der Waals surface area contributed by atoms with Crippen LogP contribution in [0.3, 0.4) is 0 Å². The third kappa shape index (κ3) is 4.79. The zero-order valence-corrected chi connectivity index (χ0v) is 20.3.